The zero-order chi connectivity index (χ0) is 8.69. The van der Waals surface area contributed by atoms with Crippen molar-refractivity contribution in [2.45, 2.75) is 39.7 Å². The summed E-state index contributed by atoms with van der Waals surface area (Å²) in [5.74, 6) is 0. The van der Waals surface area contributed by atoms with E-state index >= 15 is 0 Å². The number of hydrogen-bond donors (Lipinski definition) is 1. The molecule has 0 aromatic carbocycles. The number of amidine groups is 1. The monoisotopic (exact) mass is 221 g/mol. The van der Waals surface area contributed by atoms with Crippen molar-refractivity contribution in [3.8, 4) is 0 Å². The predicted molar refractivity (Wildman–Crippen MR) is 51.2 cm³/mol. The van der Waals surface area contributed by atoms with E-state index in [0.717, 1.165) is 11.3 Å². The fraction of sp³-hybridized carbons (Fsp3) is 0.875. The minimum absolute atomic E-state index is 0.469. The molecule has 0 amide bonds. The first-order valence-electron chi connectivity index (χ1n) is 4.14. The van der Waals surface area contributed by atoms with Crippen LogP contribution >= 0.6 is 0 Å². The van der Waals surface area contributed by atoms with Gasteiger partial charge in [-0.3, -0.25) is 0 Å². The van der Waals surface area contributed by atoms with Crippen LogP contribution in [0.3, 0.4) is 0 Å². The van der Waals surface area contributed by atoms with Gasteiger partial charge in [-0.2, -0.15) is 0 Å². The summed E-state index contributed by atoms with van der Waals surface area (Å²) in [5.41, 5.74) is 0. The Morgan fingerprint density at radius 2 is 2.18 bits per heavy atom. The molecule has 0 saturated heterocycles. The molecule has 0 aromatic heterocycles. The van der Waals surface area contributed by atoms with E-state index in [9.17, 15) is 0 Å². The van der Waals surface area contributed by atoms with Crippen molar-refractivity contribution in [2.75, 3.05) is 6.54 Å². The minimum atomic E-state index is 0.469. The summed E-state index contributed by atoms with van der Waals surface area (Å²) in [4.78, 5) is 4.30. The van der Waals surface area contributed by atoms with Crippen LogP contribution in [0.15, 0.2) is 4.99 Å². The first kappa shape index (κ1) is 11.0. The van der Waals surface area contributed by atoms with Gasteiger partial charge >= 0.3 is 77.3 Å². The topological polar surface area (TPSA) is 24.4 Å². The van der Waals surface area contributed by atoms with Crippen LogP contribution in [0.5, 0.6) is 0 Å². The van der Waals surface area contributed by atoms with Crippen LogP contribution in [0.2, 0.25) is 0 Å². The third kappa shape index (κ3) is 7.89. The Labute approximate surface area is 77.7 Å². The van der Waals surface area contributed by atoms with Crippen molar-refractivity contribution >= 4 is 20.7 Å². The second kappa shape index (κ2) is 6.68. The zero-order valence-electron chi connectivity index (χ0n) is 7.55. The van der Waals surface area contributed by atoms with Gasteiger partial charge in [0.1, 0.15) is 0 Å². The first-order valence-corrected chi connectivity index (χ1v) is 5.00. The molecule has 0 aliphatic heterocycles. The molecule has 2 nitrogen and oxygen atoms in total. The van der Waals surface area contributed by atoms with Crippen molar-refractivity contribution in [3.05, 3.63) is 0 Å². The SMILES string of the molecule is CCCCN=C([Se])NC(C)C. The average Bonchev–Trinajstić information content (AvgIpc) is 1.86. The van der Waals surface area contributed by atoms with Gasteiger partial charge in [0.05, 0.1) is 0 Å². The molecular formula is C8H17N2Se. The summed E-state index contributed by atoms with van der Waals surface area (Å²) in [7, 11) is 0. The molecule has 0 fully saturated rings. The molecular weight excluding hydrogens is 203 g/mol. The quantitative estimate of drug-likeness (QED) is 0.328. The Kier molecular flexibility index (Phi) is 6.68. The number of hydrogen-bond acceptors (Lipinski definition) is 1. The number of aliphatic imine (C=N–C) groups is 1. The van der Waals surface area contributed by atoms with E-state index in [2.05, 4.69) is 47.1 Å². The van der Waals surface area contributed by atoms with Gasteiger partial charge < -0.3 is 0 Å². The third-order valence-corrected chi connectivity index (χ3v) is 1.70. The molecule has 0 heterocycles. The Hall–Kier alpha value is -0.0105. The summed E-state index contributed by atoms with van der Waals surface area (Å²) in [6.45, 7) is 7.31. The molecule has 0 aliphatic carbocycles. The summed E-state index contributed by atoms with van der Waals surface area (Å²) in [6, 6.07) is 0.469. The molecule has 0 aromatic rings. The summed E-state index contributed by atoms with van der Waals surface area (Å²) in [6.07, 6.45) is 2.38. The maximum atomic E-state index is 4.30. The van der Waals surface area contributed by atoms with Crippen molar-refractivity contribution in [1.29, 1.82) is 0 Å². The summed E-state index contributed by atoms with van der Waals surface area (Å²) < 4.78 is 0.938. The molecule has 0 saturated carbocycles. The molecule has 0 aliphatic rings. The van der Waals surface area contributed by atoms with E-state index in [0.29, 0.717) is 6.04 Å². The molecule has 0 unspecified atom stereocenters. The first-order chi connectivity index (χ1) is 5.16. The number of rotatable bonds is 4. The second-order valence-corrected chi connectivity index (χ2v) is 3.65. The third-order valence-electron chi connectivity index (χ3n) is 1.18. The standard InChI is InChI=1S/C8H17N2Se/c1-4-5-6-9-8(11)10-7(2)3/h7H,4-6H2,1-3H3,(H,9,10). The van der Waals surface area contributed by atoms with Crippen LogP contribution in [0.1, 0.15) is 33.6 Å². The van der Waals surface area contributed by atoms with E-state index in [1.807, 2.05) is 0 Å². The molecule has 0 rings (SSSR count). The van der Waals surface area contributed by atoms with Gasteiger partial charge in [-0.05, 0) is 0 Å². The maximum absolute atomic E-state index is 4.30. The summed E-state index contributed by atoms with van der Waals surface area (Å²) in [5, 5.41) is 3.20. The molecule has 3 heteroatoms. The Morgan fingerprint density at radius 3 is 2.64 bits per heavy atom. The van der Waals surface area contributed by atoms with Crippen molar-refractivity contribution in [3.63, 3.8) is 0 Å². The van der Waals surface area contributed by atoms with Crippen LogP contribution in [-0.4, -0.2) is 33.3 Å². The van der Waals surface area contributed by atoms with Gasteiger partial charge in [-0.25, -0.2) is 0 Å². The van der Waals surface area contributed by atoms with Crippen LogP contribution < -0.4 is 5.32 Å². The fourth-order valence-electron chi connectivity index (χ4n) is 0.631. The number of nitrogens with one attached hydrogen (secondary N) is 1. The van der Waals surface area contributed by atoms with Crippen molar-refractivity contribution in [2.24, 2.45) is 4.99 Å². The van der Waals surface area contributed by atoms with Gasteiger partial charge in [-0.1, -0.05) is 0 Å². The van der Waals surface area contributed by atoms with Crippen LogP contribution in [-0.2, 0) is 0 Å². The van der Waals surface area contributed by atoms with Gasteiger partial charge in [0.25, 0.3) is 0 Å². The molecule has 11 heavy (non-hydrogen) atoms. The van der Waals surface area contributed by atoms with Gasteiger partial charge in [0.15, 0.2) is 0 Å². The van der Waals surface area contributed by atoms with E-state index in [4.69, 9.17) is 0 Å². The molecule has 0 spiro atoms. The van der Waals surface area contributed by atoms with Crippen LogP contribution in [0, 0.1) is 0 Å². The molecule has 0 bridgehead atoms. The Balaban J connectivity index is 3.46. The predicted octanol–water partition coefficient (Wildman–Crippen LogP) is 1.31. The van der Waals surface area contributed by atoms with Crippen LogP contribution in [0.25, 0.3) is 0 Å². The number of unbranched alkanes of at least 4 members (excludes halogenated alkanes) is 1. The van der Waals surface area contributed by atoms with Gasteiger partial charge in [0, 0.05) is 0 Å². The molecule has 0 atom stereocenters. The zero-order valence-corrected chi connectivity index (χ0v) is 9.27. The van der Waals surface area contributed by atoms with Gasteiger partial charge in [0.2, 0.25) is 0 Å². The Morgan fingerprint density at radius 1 is 1.55 bits per heavy atom. The molecule has 1 N–H and O–H groups in total. The van der Waals surface area contributed by atoms with E-state index in [1.165, 1.54) is 12.8 Å². The van der Waals surface area contributed by atoms with Crippen molar-refractivity contribution < 1.29 is 0 Å². The van der Waals surface area contributed by atoms with E-state index < -0.39 is 0 Å². The van der Waals surface area contributed by atoms with Crippen molar-refractivity contribution in [1.82, 2.24) is 5.32 Å². The normalized spacial score (nSPS) is 12.2. The van der Waals surface area contributed by atoms with Gasteiger partial charge in [-0.15, -0.1) is 0 Å². The average molecular weight is 220 g/mol. The van der Waals surface area contributed by atoms with Crippen LogP contribution in [0.4, 0.5) is 0 Å². The van der Waals surface area contributed by atoms with E-state index in [1.54, 1.807) is 0 Å². The second-order valence-electron chi connectivity index (χ2n) is 2.84. The van der Waals surface area contributed by atoms with E-state index in [-0.39, 0.29) is 0 Å². The number of nitrogens with zero attached hydrogens (tertiary/aromatic N) is 1. The summed E-state index contributed by atoms with van der Waals surface area (Å²) >= 11 is 2.91. The molecule has 1 radical (unpaired) electrons. The molecule has 65 valence electrons. The Bertz CT molecular complexity index is 121. The fourth-order valence-corrected chi connectivity index (χ4v) is 1.32.